The summed E-state index contributed by atoms with van der Waals surface area (Å²) in [6.45, 7) is 2.08. The number of nitrogens with zero attached hydrogens (tertiary/aromatic N) is 1. The topological polar surface area (TPSA) is 78.5 Å². The van der Waals surface area contributed by atoms with Gasteiger partial charge in [0, 0.05) is 12.2 Å². The Morgan fingerprint density at radius 3 is 2.23 bits per heavy atom. The van der Waals surface area contributed by atoms with E-state index in [9.17, 15) is 14.4 Å². The van der Waals surface area contributed by atoms with Crippen molar-refractivity contribution in [1.29, 1.82) is 0 Å². The van der Waals surface area contributed by atoms with Crippen LogP contribution in [0, 0.1) is 30.6 Å². The number of likely N-dealkylation sites (tertiary alicyclic amines) is 1. The van der Waals surface area contributed by atoms with E-state index in [-0.39, 0.29) is 48.1 Å². The van der Waals surface area contributed by atoms with Crippen molar-refractivity contribution in [3.05, 3.63) is 77.9 Å². The minimum absolute atomic E-state index is 0.109. The van der Waals surface area contributed by atoms with Crippen molar-refractivity contribution in [1.82, 2.24) is 10.2 Å². The summed E-state index contributed by atoms with van der Waals surface area (Å²) in [5, 5.41) is 5.71. The quantitative estimate of drug-likeness (QED) is 0.578. The van der Waals surface area contributed by atoms with Crippen LogP contribution < -0.4 is 10.6 Å². The maximum atomic E-state index is 13.3. The van der Waals surface area contributed by atoms with Gasteiger partial charge in [-0.05, 0) is 42.4 Å². The average Bonchev–Trinajstić information content (AvgIpc) is 3.46. The monoisotopic (exact) mass is 415 g/mol. The summed E-state index contributed by atoms with van der Waals surface area (Å²) < 4.78 is 0. The lowest BCUT2D eigenvalue weighted by Gasteiger charge is -2.28. The number of imide groups is 1. The molecule has 0 aromatic heterocycles. The van der Waals surface area contributed by atoms with Gasteiger partial charge in [0.25, 0.3) is 0 Å². The van der Waals surface area contributed by atoms with Gasteiger partial charge in [0.05, 0.1) is 17.9 Å². The second kappa shape index (κ2) is 7.69. The Morgan fingerprint density at radius 1 is 0.968 bits per heavy atom. The lowest BCUT2D eigenvalue weighted by molar-refractivity contribution is -0.143. The molecule has 31 heavy (non-hydrogen) atoms. The van der Waals surface area contributed by atoms with E-state index in [1.165, 1.54) is 4.90 Å². The van der Waals surface area contributed by atoms with Gasteiger partial charge in [-0.3, -0.25) is 14.5 Å². The van der Waals surface area contributed by atoms with Gasteiger partial charge in [-0.1, -0.05) is 60.7 Å². The third-order valence-electron chi connectivity index (χ3n) is 6.85. The number of hydrogen-bond acceptors (Lipinski definition) is 3. The first-order chi connectivity index (χ1) is 15.0. The zero-order valence-corrected chi connectivity index (χ0v) is 17.3. The third kappa shape index (κ3) is 3.32. The molecule has 5 atom stereocenters. The van der Waals surface area contributed by atoms with Gasteiger partial charge in [-0.15, -0.1) is 0 Å². The van der Waals surface area contributed by atoms with Crippen molar-refractivity contribution in [2.24, 2.45) is 23.7 Å². The van der Waals surface area contributed by atoms with Crippen molar-refractivity contribution in [2.75, 3.05) is 11.9 Å². The van der Waals surface area contributed by atoms with E-state index in [1.807, 2.05) is 61.5 Å². The number of allylic oxidation sites excluding steroid dienone is 2. The molecular weight excluding hydrogens is 390 g/mol. The van der Waals surface area contributed by atoms with Crippen LogP contribution in [0.4, 0.5) is 10.5 Å². The van der Waals surface area contributed by atoms with Crippen molar-refractivity contribution in [3.8, 4) is 0 Å². The molecule has 0 spiro atoms. The third-order valence-corrected chi connectivity index (χ3v) is 6.85. The summed E-state index contributed by atoms with van der Waals surface area (Å²) in [7, 11) is 0. The molecular formula is C25H25N3O3. The predicted octanol–water partition coefficient (Wildman–Crippen LogP) is 3.66. The summed E-state index contributed by atoms with van der Waals surface area (Å²) >= 11 is 0. The fourth-order valence-corrected chi connectivity index (χ4v) is 5.33. The lowest BCUT2D eigenvalue weighted by Crippen LogP contribution is -2.43. The van der Waals surface area contributed by atoms with Crippen LogP contribution in [0.15, 0.2) is 66.7 Å². The van der Waals surface area contributed by atoms with E-state index in [0.29, 0.717) is 0 Å². The molecule has 1 saturated heterocycles. The molecule has 2 fully saturated rings. The molecule has 2 N–H and O–H groups in total. The molecule has 6 heteroatoms. The number of aryl methyl sites for hydroxylation is 1. The SMILES string of the molecule is Cc1ccccc1NC(=O)NCC(c1ccccc1)N1C(=O)C2C3C=CC(C3)C2C1=O. The van der Waals surface area contributed by atoms with Crippen LogP contribution >= 0.6 is 0 Å². The molecule has 6 nitrogen and oxygen atoms in total. The van der Waals surface area contributed by atoms with Crippen molar-refractivity contribution in [3.63, 3.8) is 0 Å². The van der Waals surface area contributed by atoms with Gasteiger partial charge >= 0.3 is 6.03 Å². The smallest absolute Gasteiger partial charge is 0.319 e. The number of carbonyl (C=O) groups excluding carboxylic acids is 3. The number of rotatable bonds is 5. The molecule has 3 aliphatic rings. The summed E-state index contributed by atoms with van der Waals surface area (Å²) in [6.07, 6.45) is 5.07. The molecule has 5 unspecified atom stereocenters. The van der Waals surface area contributed by atoms with Gasteiger partial charge in [0.1, 0.15) is 0 Å². The number of anilines is 1. The average molecular weight is 415 g/mol. The van der Waals surface area contributed by atoms with Crippen LogP contribution in [-0.4, -0.2) is 29.3 Å². The van der Waals surface area contributed by atoms with E-state index >= 15 is 0 Å². The normalized spacial score (nSPS) is 26.8. The van der Waals surface area contributed by atoms with Crippen LogP contribution in [0.2, 0.25) is 0 Å². The summed E-state index contributed by atoms with van der Waals surface area (Å²) in [4.78, 5) is 40.6. The van der Waals surface area contributed by atoms with Gasteiger partial charge in [-0.25, -0.2) is 4.79 Å². The van der Waals surface area contributed by atoms with Crippen molar-refractivity contribution < 1.29 is 14.4 Å². The highest BCUT2D eigenvalue weighted by molar-refractivity contribution is 6.07. The first kappa shape index (κ1) is 19.5. The largest absolute Gasteiger partial charge is 0.335 e. The maximum Gasteiger partial charge on any atom is 0.319 e. The number of carbonyl (C=O) groups is 3. The molecule has 2 aromatic carbocycles. The number of hydrogen-bond donors (Lipinski definition) is 2. The number of benzene rings is 2. The molecule has 1 saturated carbocycles. The highest BCUT2D eigenvalue weighted by atomic mass is 16.2. The Bertz CT molecular complexity index is 1030. The predicted molar refractivity (Wildman–Crippen MR) is 117 cm³/mol. The standard InChI is InChI=1S/C25H25N3O3/c1-15-7-5-6-10-19(15)27-25(31)26-14-20(16-8-3-2-4-9-16)28-23(29)21-17-11-12-18(13-17)22(21)24(28)30/h2-12,17-18,20-22H,13-14H2,1H3,(H2,26,27,31). The molecule has 4 amide bonds. The second-order valence-corrected chi connectivity index (χ2v) is 8.62. The molecule has 2 aliphatic carbocycles. The van der Waals surface area contributed by atoms with E-state index in [1.54, 1.807) is 0 Å². The van der Waals surface area contributed by atoms with Crippen molar-refractivity contribution >= 4 is 23.5 Å². The van der Waals surface area contributed by atoms with Gasteiger partial charge in [0.2, 0.25) is 11.8 Å². The van der Waals surface area contributed by atoms with Crippen LogP contribution in [0.5, 0.6) is 0 Å². The number of para-hydroxylation sites is 1. The number of urea groups is 1. The Kier molecular flexibility index (Phi) is 4.85. The van der Waals surface area contributed by atoms with Crippen molar-refractivity contribution in [2.45, 2.75) is 19.4 Å². The zero-order valence-electron chi connectivity index (χ0n) is 17.3. The molecule has 158 valence electrons. The molecule has 5 rings (SSSR count). The minimum atomic E-state index is -0.533. The van der Waals surface area contributed by atoms with E-state index < -0.39 is 6.04 Å². The molecule has 1 heterocycles. The number of fused-ring (bicyclic) bond motifs is 5. The lowest BCUT2D eigenvalue weighted by atomic mass is 9.85. The summed E-state index contributed by atoms with van der Waals surface area (Å²) in [6, 6.07) is 16.1. The highest BCUT2D eigenvalue weighted by Gasteiger charge is 2.60. The Hall–Kier alpha value is -3.41. The van der Waals surface area contributed by atoms with Gasteiger partial charge < -0.3 is 10.6 Å². The number of nitrogens with one attached hydrogen (secondary N) is 2. The summed E-state index contributed by atoms with van der Waals surface area (Å²) in [5.74, 6) is -0.414. The molecule has 2 bridgehead atoms. The van der Waals surface area contributed by atoms with Gasteiger partial charge in [0.15, 0.2) is 0 Å². The van der Waals surface area contributed by atoms with Crippen LogP contribution in [0.3, 0.4) is 0 Å². The Labute approximate surface area is 181 Å². The fraction of sp³-hybridized carbons (Fsp3) is 0.320. The highest BCUT2D eigenvalue weighted by Crippen LogP contribution is 2.53. The van der Waals surface area contributed by atoms with E-state index in [4.69, 9.17) is 0 Å². The molecule has 2 aromatic rings. The first-order valence-electron chi connectivity index (χ1n) is 10.8. The first-order valence-corrected chi connectivity index (χ1v) is 10.8. The van der Waals surface area contributed by atoms with E-state index in [0.717, 1.165) is 23.2 Å². The minimum Gasteiger partial charge on any atom is -0.335 e. The second-order valence-electron chi connectivity index (χ2n) is 8.62. The van der Waals surface area contributed by atoms with Gasteiger partial charge in [-0.2, -0.15) is 0 Å². The molecule has 1 aliphatic heterocycles. The van der Waals surface area contributed by atoms with Crippen LogP contribution in [0.25, 0.3) is 0 Å². The van der Waals surface area contributed by atoms with E-state index in [2.05, 4.69) is 22.8 Å². The Morgan fingerprint density at radius 2 is 1.58 bits per heavy atom. The Balaban J connectivity index is 1.36. The zero-order chi connectivity index (χ0) is 21.5. The number of amides is 4. The molecule has 0 radical (unpaired) electrons. The van der Waals surface area contributed by atoms with Crippen LogP contribution in [-0.2, 0) is 9.59 Å². The maximum absolute atomic E-state index is 13.3. The van der Waals surface area contributed by atoms with Crippen LogP contribution in [0.1, 0.15) is 23.6 Å². The fourth-order valence-electron chi connectivity index (χ4n) is 5.33. The summed E-state index contributed by atoms with van der Waals surface area (Å²) in [5.41, 5.74) is 2.51.